The van der Waals surface area contributed by atoms with Crippen LogP contribution in [0.3, 0.4) is 0 Å². The van der Waals surface area contributed by atoms with E-state index in [4.69, 9.17) is 5.11 Å². The fourth-order valence-corrected chi connectivity index (χ4v) is 2.27. The van der Waals surface area contributed by atoms with Crippen LogP contribution in [0.1, 0.15) is 39.0 Å². The summed E-state index contributed by atoms with van der Waals surface area (Å²) in [5, 5.41) is 19.0. The van der Waals surface area contributed by atoms with Gasteiger partial charge in [-0.1, -0.05) is 19.4 Å². The lowest BCUT2D eigenvalue weighted by Crippen LogP contribution is -2.42. The number of aliphatic carboxylic acids is 1. The molecule has 3 nitrogen and oxygen atoms in total. The Bertz CT molecular complexity index is 247. The number of carboxylic acids is 1. The van der Waals surface area contributed by atoms with Crippen molar-refractivity contribution in [3.63, 3.8) is 0 Å². The molecule has 0 spiro atoms. The SMILES string of the molecule is C=C(C)C1(O)CCCCC1CC(=O)O. The van der Waals surface area contributed by atoms with Crippen molar-refractivity contribution in [2.24, 2.45) is 5.92 Å². The number of hydrogen-bond acceptors (Lipinski definition) is 2. The van der Waals surface area contributed by atoms with E-state index >= 15 is 0 Å². The third-order valence-electron chi connectivity index (χ3n) is 3.20. The summed E-state index contributed by atoms with van der Waals surface area (Å²) in [4.78, 5) is 10.6. The fraction of sp³-hybridized carbons (Fsp3) is 0.727. The van der Waals surface area contributed by atoms with Crippen molar-refractivity contribution in [1.29, 1.82) is 0 Å². The molecular weight excluding hydrogens is 180 g/mol. The highest BCUT2D eigenvalue weighted by Gasteiger charge is 2.40. The van der Waals surface area contributed by atoms with Crippen LogP contribution in [0.25, 0.3) is 0 Å². The van der Waals surface area contributed by atoms with Crippen molar-refractivity contribution >= 4 is 5.97 Å². The number of rotatable bonds is 3. The molecule has 0 bridgehead atoms. The van der Waals surface area contributed by atoms with Gasteiger partial charge in [-0.05, 0) is 25.3 Å². The van der Waals surface area contributed by atoms with E-state index in [0.29, 0.717) is 12.0 Å². The number of hydrogen-bond donors (Lipinski definition) is 2. The van der Waals surface area contributed by atoms with Crippen LogP contribution in [0.2, 0.25) is 0 Å². The Hall–Kier alpha value is -0.830. The normalized spacial score (nSPS) is 32.6. The Morgan fingerprint density at radius 2 is 2.21 bits per heavy atom. The van der Waals surface area contributed by atoms with E-state index in [2.05, 4.69) is 6.58 Å². The Morgan fingerprint density at radius 3 is 2.71 bits per heavy atom. The maximum absolute atomic E-state index is 10.6. The van der Waals surface area contributed by atoms with E-state index in [9.17, 15) is 9.90 Å². The molecule has 14 heavy (non-hydrogen) atoms. The van der Waals surface area contributed by atoms with Gasteiger partial charge in [0.25, 0.3) is 0 Å². The summed E-state index contributed by atoms with van der Waals surface area (Å²) >= 11 is 0. The van der Waals surface area contributed by atoms with Crippen LogP contribution < -0.4 is 0 Å². The third-order valence-corrected chi connectivity index (χ3v) is 3.20. The average molecular weight is 198 g/mol. The molecule has 0 amide bonds. The first kappa shape index (κ1) is 11.2. The van der Waals surface area contributed by atoms with Gasteiger partial charge in [0.1, 0.15) is 0 Å². The molecule has 1 aliphatic carbocycles. The highest BCUT2D eigenvalue weighted by Crippen LogP contribution is 2.40. The minimum atomic E-state index is -0.948. The van der Waals surface area contributed by atoms with Gasteiger partial charge in [0, 0.05) is 5.92 Å². The highest BCUT2D eigenvalue weighted by molar-refractivity contribution is 5.67. The molecule has 1 fully saturated rings. The first-order valence-electron chi connectivity index (χ1n) is 5.07. The fourth-order valence-electron chi connectivity index (χ4n) is 2.27. The quantitative estimate of drug-likeness (QED) is 0.681. The Balaban J connectivity index is 2.77. The maximum atomic E-state index is 10.6. The molecule has 1 saturated carbocycles. The Labute approximate surface area is 84.4 Å². The van der Waals surface area contributed by atoms with E-state index in [1.165, 1.54) is 0 Å². The van der Waals surface area contributed by atoms with Gasteiger partial charge >= 0.3 is 5.97 Å². The van der Waals surface area contributed by atoms with Crippen molar-refractivity contribution in [3.8, 4) is 0 Å². The van der Waals surface area contributed by atoms with E-state index < -0.39 is 11.6 Å². The van der Waals surface area contributed by atoms with Gasteiger partial charge in [-0.3, -0.25) is 4.79 Å². The van der Waals surface area contributed by atoms with Crippen molar-refractivity contribution in [2.45, 2.75) is 44.6 Å². The smallest absolute Gasteiger partial charge is 0.303 e. The highest BCUT2D eigenvalue weighted by atomic mass is 16.4. The molecule has 0 aliphatic heterocycles. The molecular formula is C11H18O3. The molecule has 0 aromatic heterocycles. The van der Waals surface area contributed by atoms with Gasteiger partial charge in [0.15, 0.2) is 0 Å². The molecule has 0 heterocycles. The monoisotopic (exact) mass is 198 g/mol. The second-order valence-corrected chi connectivity index (χ2v) is 4.25. The molecule has 1 aliphatic rings. The van der Waals surface area contributed by atoms with Crippen LogP contribution >= 0.6 is 0 Å². The molecule has 0 radical (unpaired) electrons. The molecule has 2 atom stereocenters. The zero-order valence-corrected chi connectivity index (χ0v) is 8.62. The number of aliphatic hydroxyl groups is 1. The van der Waals surface area contributed by atoms with Gasteiger partial charge in [-0.15, -0.1) is 0 Å². The van der Waals surface area contributed by atoms with Crippen molar-refractivity contribution in [3.05, 3.63) is 12.2 Å². The lowest BCUT2D eigenvalue weighted by Gasteiger charge is -2.40. The topological polar surface area (TPSA) is 57.5 Å². The van der Waals surface area contributed by atoms with E-state index in [1.807, 2.05) is 0 Å². The lowest BCUT2D eigenvalue weighted by molar-refractivity contribution is -0.141. The van der Waals surface area contributed by atoms with Crippen LogP contribution in [-0.2, 0) is 4.79 Å². The predicted octanol–water partition coefficient (Wildman–Crippen LogP) is 1.96. The van der Waals surface area contributed by atoms with E-state index in [1.54, 1.807) is 6.92 Å². The summed E-state index contributed by atoms with van der Waals surface area (Å²) < 4.78 is 0. The van der Waals surface area contributed by atoms with E-state index in [-0.39, 0.29) is 12.3 Å². The number of carbonyl (C=O) groups is 1. The molecule has 1 rings (SSSR count). The molecule has 2 N–H and O–H groups in total. The second kappa shape index (κ2) is 4.13. The second-order valence-electron chi connectivity index (χ2n) is 4.25. The zero-order chi connectivity index (χ0) is 10.8. The van der Waals surface area contributed by atoms with Crippen LogP contribution in [-0.4, -0.2) is 21.8 Å². The number of carboxylic acid groups (broad SMARTS) is 1. The average Bonchev–Trinajstić information content (AvgIpc) is 2.08. The molecule has 3 heteroatoms. The Morgan fingerprint density at radius 1 is 1.57 bits per heavy atom. The van der Waals surface area contributed by atoms with Crippen LogP contribution in [0.4, 0.5) is 0 Å². The van der Waals surface area contributed by atoms with Crippen LogP contribution in [0.5, 0.6) is 0 Å². The minimum Gasteiger partial charge on any atom is -0.481 e. The first-order valence-corrected chi connectivity index (χ1v) is 5.07. The molecule has 2 unspecified atom stereocenters. The van der Waals surface area contributed by atoms with Gasteiger partial charge in [-0.25, -0.2) is 0 Å². The summed E-state index contributed by atoms with van der Waals surface area (Å²) in [5.41, 5.74) is -0.250. The van der Waals surface area contributed by atoms with Crippen molar-refractivity contribution in [1.82, 2.24) is 0 Å². The van der Waals surface area contributed by atoms with Crippen molar-refractivity contribution < 1.29 is 15.0 Å². The standard InChI is InChI=1S/C11H18O3/c1-8(2)11(14)6-4-3-5-9(11)7-10(12)13/h9,14H,1,3-7H2,2H3,(H,12,13). The van der Waals surface area contributed by atoms with Gasteiger partial charge < -0.3 is 10.2 Å². The van der Waals surface area contributed by atoms with Gasteiger partial charge in [0.2, 0.25) is 0 Å². The molecule has 0 aromatic carbocycles. The zero-order valence-electron chi connectivity index (χ0n) is 8.62. The third kappa shape index (κ3) is 2.15. The molecule has 0 saturated heterocycles. The maximum Gasteiger partial charge on any atom is 0.303 e. The van der Waals surface area contributed by atoms with Gasteiger partial charge in [0.05, 0.1) is 12.0 Å². The molecule has 0 aromatic rings. The summed E-state index contributed by atoms with van der Waals surface area (Å²) in [7, 11) is 0. The Kier molecular flexibility index (Phi) is 3.32. The summed E-state index contributed by atoms with van der Waals surface area (Å²) in [6.45, 7) is 5.54. The van der Waals surface area contributed by atoms with Crippen LogP contribution in [0, 0.1) is 5.92 Å². The lowest BCUT2D eigenvalue weighted by atomic mass is 9.70. The summed E-state index contributed by atoms with van der Waals surface area (Å²) in [6.07, 6.45) is 3.45. The van der Waals surface area contributed by atoms with E-state index in [0.717, 1.165) is 19.3 Å². The predicted molar refractivity (Wildman–Crippen MR) is 54.0 cm³/mol. The summed E-state index contributed by atoms with van der Waals surface area (Å²) in [6, 6.07) is 0. The van der Waals surface area contributed by atoms with Crippen molar-refractivity contribution in [2.75, 3.05) is 0 Å². The summed E-state index contributed by atoms with van der Waals surface area (Å²) in [5.74, 6) is -0.997. The van der Waals surface area contributed by atoms with Crippen LogP contribution in [0.15, 0.2) is 12.2 Å². The largest absolute Gasteiger partial charge is 0.481 e. The first-order chi connectivity index (χ1) is 6.47. The molecule has 80 valence electrons. The minimum absolute atomic E-state index is 0.0450. The van der Waals surface area contributed by atoms with Gasteiger partial charge in [-0.2, -0.15) is 0 Å².